The van der Waals surface area contributed by atoms with E-state index in [1.54, 1.807) is 13.1 Å². The van der Waals surface area contributed by atoms with Crippen molar-refractivity contribution < 1.29 is 9.59 Å². The van der Waals surface area contributed by atoms with Crippen LogP contribution in [-0.2, 0) is 9.59 Å². The first-order valence-corrected chi connectivity index (χ1v) is 7.54. The van der Waals surface area contributed by atoms with Crippen LogP contribution in [-0.4, -0.2) is 25.4 Å². The summed E-state index contributed by atoms with van der Waals surface area (Å²) in [5.41, 5.74) is 1.42. The van der Waals surface area contributed by atoms with E-state index in [2.05, 4.69) is 16.0 Å². The first kappa shape index (κ1) is 18.5. The third-order valence-corrected chi connectivity index (χ3v) is 3.73. The fraction of sp³-hybridized carbons (Fsp3) is 0.500. The van der Waals surface area contributed by atoms with E-state index in [0.717, 1.165) is 31.4 Å². The van der Waals surface area contributed by atoms with Crippen LogP contribution in [0.5, 0.6) is 0 Å². The number of halogens is 1. The molecule has 2 rings (SSSR count). The highest BCUT2D eigenvalue weighted by Crippen LogP contribution is 2.25. The average molecular weight is 326 g/mol. The largest absolute Gasteiger partial charge is 0.326 e. The maximum Gasteiger partial charge on any atom is 0.238 e. The van der Waals surface area contributed by atoms with Gasteiger partial charge in [-0.3, -0.25) is 9.59 Å². The van der Waals surface area contributed by atoms with Crippen molar-refractivity contribution in [1.29, 1.82) is 0 Å². The smallest absolute Gasteiger partial charge is 0.238 e. The van der Waals surface area contributed by atoms with Crippen molar-refractivity contribution in [3.05, 3.63) is 24.3 Å². The van der Waals surface area contributed by atoms with Gasteiger partial charge in [0.15, 0.2) is 0 Å². The second kappa shape index (κ2) is 9.43. The van der Waals surface area contributed by atoms with Crippen molar-refractivity contribution in [2.24, 2.45) is 5.92 Å². The highest BCUT2D eigenvalue weighted by Gasteiger charge is 2.21. The number of carbonyl (C=O) groups excluding carboxylic acids is 2. The van der Waals surface area contributed by atoms with Gasteiger partial charge in [0.25, 0.3) is 0 Å². The molecule has 22 heavy (non-hydrogen) atoms. The first-order chi connectivity index (χ1) is 10.2. The van der Waals surface area contributed by atoms with Gasteiger partial charge < -0.3 is 16.0 Å². The summed E-state index contributed by atoms with van der Waals surface area (Å²) in [6.45, 7) is 0.263. The maximum absolute atomic E-state index is 12.2. The molecule has 0 aliphatic heterocycles. The fourth-order valence-electron chi connectivity index (χ4n) is 2.65. The summed E-state index contributed by atoms with van der Waals surface area (Å²) >= 11 is 0. The lowest BCUT2D eigenvalue weighted by molar-refractivity contribution is -0.120. The molecular formula is C16H24ClN3O2. The number of carbonyl (C=O) groups is 2. The van der Waals surface area contributed by atoms with Crippen LogP contribution in [0.4, 0.5) is 11.4 Å². The Morgan fingerprint density at radius 2 is 1.73 bits per heavy atom. The van der Waals surface area contributed by atoms with Crippen LogP contribution in [0.25, 0.3) is 0 Å². The lowest BCUT2D eigenvalue weighted by atomic mass is 9.88. The van der Waals surface area contributed by atoms with Gasteiger partial charge in [-0.1, -0.05) is 25.3 Å². The minimum Gasteiger partial charge on any atom is -0.326 e. The van der Waals surface area contributed by atoms with E-state index in [9.17, 15) is 9.59 Å². The van der Waals surface area contributed by atoms with Crippen molar-refractivity contribution in [2.75, 3.05) is 24.2 Å². The minimum atomic E-state index is -0.103. The van der Waals surface area contributed by atoms with Crippen LogP contribution in [0, 0.1) is 5.92 Å². The van der Waals surface area contributed by atoms with Gasteiger partial charge >= 0.3 is 0 Å². The molecule has 0 spiro atoms. The normalized spacial score (nSPS) is 14.8. The van der Waals surface area contributed by atoms with E-state index in [-0.39, 0.29) is 36.7 Å². The number of nitrogens with one attached hydrogen (secondary N) is 3. The predicted octanol–water partition coefficient (Wildman–Crippen LogP) is 2.79. The Hall–Kier alpha value is -1.59. The molecule has 1 saturated carbocycles. The standard InChI is InChI=1S/C16H23N3O2.ClH/c1-17-11-15(20)18-13-8-5-9-14(10-13)19-16(21)12-6-3-2-4-7-12;/h5,8-10,12,17H,2-4,6-7,11H2,1H3,(H,18,20)(H,19,21);1H. The van der Waals surface area contributed by atoms with Crippen LogP contribution >= 0.6 is 12.4 Å². The molecule has 0 atom stereocenters. The molecule has 2 amide bonds. The molecule has 0 aromatic heterocycles. The number of hydrogen-bond donors (Lipinski definition) is 3. The minimum absolute atomic E-state index is 0. The Morgan fingerprint density at radius 3 is 2.36 bits per heavy atom. The highest BCUT2D eigenvalue weighted by atomic mass is 35.5. The lowest BCUT2D eigenvalue weighted by Gasteiger charge is -2.20. The number of benzene rings is 1. The van der Waals surface area contributed by atoms with E-state index >= 15 is 0 Å². The number of hydrogen-bond acceptors (Lipinski definition) is 3. The molecule has 6 heteroatoms. The third kappa shape index (κ3) is 5.66. The Labute approximate surface area is 137 Å². The summed E-state index contributed by atoms with van der Waals surface area (Å²) in [5.74, 6) is 0.114. The van der Waals surface area contributed by atoms with Gasteiger partial charge in [-0.15, -0.1) is 12.4 Å². The molecular weight excluding hydrogens is 302 g/mol. The van der Waals surface area contributed by atoms with Crippen molar-refractivity contribution in [3.8, 4) is 0 Å². The Kier molecular flexibility index (Phi) is 7.91. The van der Waals surface area contributed by atoms with Gasteiger partial charge in [-0.25, -0.2) is 0 Å². The van der Waals surface area contributed by atoms with Crippen LogP contribution in [0.15, 0.2) is 24.3 Å². The van der Waals surface area contributed by atoms with E-state index in [0.29, 0.717) is 5.69 Å². The fourth-order valence-corrected chi connectivity index (χ4v) is 2.65. The molecule has 0 unspecified atom stereocenters. The van der Waals surface area contributed by atoms with Gasteiger partial charge in [-0.05, 0) is 38.1 Å². The van der Waals surface area contributed by atoms with E-state index < -0.39 is 0 Å². The van der Waals surface area contributed by atoms with E-state index in [1.807, 2.05) is 18.2 Å². The van der Waals surface area contributed by atoms with Gasteiger partial charge in [-0.2, -0.15) is 0 Å². The van der Waals surface area contributed by atoms with Crippen LogP contribution in [0.1, 0.15) is 32.1 Å². The molecule has 1 aliphatic rings. The summed E-state index contributed by atoms with van der Waals surface area (Å²) < 4.78 is 0. The van der Waals surface area contributed by atoms with Gasteiger partial charge in [0.1, 0.15) is 0 Å². The Balaban J connectivity index is 0.00000242. The average Bonchev–Trinajstić information content (AvgIpc) is 2.48. The van der Waals surface area contributed by atoms with Gasteiger partial charge in [0.05, 0.1) is 6.54 Å². The summed E-state index contributed by atoms with van der Waals surface area (Å²) in [6.07, 6.45) is 5.46. The summed E-state index contributed by atoms with van der Waals surface area (Å²) in [4.78, 5) is 23.7. The summed E-state index contributed by atoms with van der Waals surface area (Å²) in [7, 11) is 1.72. The summed E-state index contributed by atoms with van der Waals surface area (Å²) in [5, 5.41) is 8.53. The number of amides is 2. The molecule has 0 heterocycles. The molecule has 1 aliphatic carbocycles. The molecule has 1 fully saturated rings. The molecule has 0 bridgehead atoms. The predicted molar refractivity (Wildman–Crippen MR) is 91.5 cm³/mol. The quantitative estimate of drug-likeness (QED) is 0.779. The van der Waals surface area contributed by atoms with E-state index in [1.165, 1.54) is 6.42 Å². The lowest BCUT2D eigenvalue weighted by Crippen LogP contribution is -2.26. The molecule has 0 saturated heterocycles. The van der Waals surface area contributed by atoms with Gasteiger partial charge in [0.2, 0.25) is 11.8 Å². The second-order valence-corrected chi connectivity index (χ2v) is 5.48. The van der Waals surface area contributed by atoms with Crippen molar-refractivity contribution in [3.63, 3.8) is 0 Å². The molecule has 5 nitrogen and oxygen atoms in total. The van der Waals surface area contributed by atoms with Crippen molar-refractivity contribution >= 4 is 35.6 Å². The summed E-state index contributed by atoms with van der Waals surface area (Å²) in [6, 6.07) is 7.26. The SMILES string of the molecule is CNCC(=O)Nc1cccc(NC(=O)C2CCCCC2)c1.Cl. The number of rotatable bonds is 5. The topological polar surface area (TPSA) is 70.2 Å². The second-order valence-electron chi connectivity index (χ2n) is 5.48. The van der Waals surface area contributed by atoms with Crippen molar-refractivity contribution in [1.82, 2.24) is 5.32 Å². The zero-order chi connectivity index (χ0) is 15.1. The van der Waals surface area contributed by atoms with Crippen LogP contribution in [0.3, 0.4) is 0 Å². The van der Waals surface area contributed by atoms with Crippen molar-refractivity contribution in [2.45, 2.75) is 32.1 Å². The monoisotopic (exact) mass is 325 g/mol. The Bertz CT molecular complexity index is 502. The maximum atomic E-state index is 12.2. The first-order valence-electron chi connectivity index (χ1n) is 7.54. The zero-order valence-corrected chi connectivity index (χ0v) is 13.7. The molecule has 1 aromatic rings. The Morgan fingerprint density at radius 1 is 1.09 bits per heavy atom. The molecule has 3 N–H and O–H groups in total. The number of likely N-dealkylation sites (N-methyl/N-ethyl adjacent to an activating group) is 1. The highest BCUT2D eigenvalue weighted by molar-refractivity contribution is 5.95. The molecule has 0 radical (unpaired) electrons. The molecule has 122 valence electrons. The zero-order valence-electron chi connectivity index (χ0n) is 12.9. The van der Waals surface area contributed by atoms with Crippen LogP contribution in [0.2, 0.25) is 0 Å². The van der Waals surface area contributed by atoms with Gasteiger partial charge in [0, 0.05) is 17.3 Å². The molecule has 1 aromatic carbocycles. The third-order valence-electron chi connectivity index (χ3n) is 3.73. The number of anilines is 2. The van der Waals surface area contributed by atoms with E-state index in [4.69, 9.17) is 0 Å². The van der Waals surface area contributed by atoms with Crippen LogP contribution < -0.4 is 16.0 Å².